The van der Waals surface area contributed by atoms with Crippen molar-refractivity contribution in [1.82, 2.24) is 10.3 Å². The number of amides is 1. The van der Waals surface area contributed by atoms with Gasteiger partial charge in [0.15, 0.2) is 0 Å². The number of fused-ring (bicyclic) bond motifs is 2. The lowest BCUT2D eigenvalue weighted by Gasteiger charge is -2.12. The SMILES string of the molecule is Cc1cc(C)c(C(=O)NCC2CC23CCc2ccccc23)c(=O)[nH]1. The van der Waals surface area contributed by atoms with Crippen LogP contribution in [0.4, 0.5) is 0 Å². The molecule has 0 aliphatic heterocycles. The number of aromatic amines is 1. The van der Waals surface area contributed by atoms with Gasteiger partial charge in [-0.3, -0.25) is 9.59 Å². The largest absolute Gasteiger partial charge is 0.352 e. The third-order valence-electron chi connectivity index (χ3n) is 5.73. The van der Waals surface area contributed by atoms with E-state index in [-0.39, 0.29) is 22.4 Å². The predicted molar refractivity (Wildman–Crippen MR) is 93.4 cm³/mol. The molecule has 1 amide bonds. The van der Waals surface area contributed by atoms with Crippen LogP contribution in [-0.2, 0) is 11.8 Å². The summed E-state index contributed by atoms with van der Waals surface area (Å²) in [5.74, 6) is 0.219. The van der Waals surface area contributed by atoms with E-state index in [0.29, 0.717) is 12.5 Å². The summed E-state index contributed by atoms with van der Waals surface area (Å²) in [6, 6.07) is 10.5. The van der Waals surface area contributed by atoms with Crippen molar-refractivity contribution in [3.63, 3.8) is 0 Å². The molecule has 0 bridgehead atoms. The lowest BCUT2D eigenvalue weighted by atomic mass is 9.95. The molecule has 2 atom stereocenters. The van der Waals surface area contributed by atoms with E-state index >= 15 is 0 Å². The Bertz CT molecular complexity index is 883. The van der Waals surface area contributed by atoms with Gasteiger partial charge in [-0.1, -0.05) is 24.3 Å². The molecule has 4 nitrogen and oxygen atoms in total. The smallest absolute Gasteiger partial charge is 0.261 e. The van der Waals surface area contributed by atoms with E-state index < -0.39 is 0 Å². The minimum atomic E-state index is -0.304. The van der Waals surface area contributed by atoms with Gasteiger partial charge in [-0.15, -0.1) is 0 Å². The summed E-state index contributed by atoms with van der Waals surface area (Å²) in [5.41, 5.74) is 4.62. The lowest BCUT2D eigenvalue weighted by molar-refractivity contribution is 0.0948. The first-order valence-corrected chi connectivity index (χ1v) is 8.58. The summed E-state index contributed by atoms with van der Waals surface area (Å²) in [4.78, 5) is 27.2. The highest BCUT2D eigenvalue weighted by Gasteiger charge is 2.57. The highest BCUT2D eigenvalue weighted by Crippen LogP contribution is 2.61. The average Bonchev–Trinajstić information content (AvgIpc) is 3.11. The number of aromatic nitrogens is 1. The summed E-state index contributed by atoms with van der Waals surface area (Å²) >= 11 is 0. The number of aryl methyl sites for hydroxylation is 3. The predicted octanol–water partition coefficient (Wildman–Crippen LogP) is 2.63. The first kappa shape index (κ1) is 15.2. The zero-order valence-corrected chi connectivity index (χ0v) is 14.1. The number of carbonyl (C=O) groups is 1. The van der Waals surface area contributed by atoms with Crippen LogP contribution in [0.15, 0.2) is 35.1 Å². The van der Waals surface area contributed by atoms with Crippen molar-refractivity contribution in [3.05, 3.63) is 68.6 Å². The van der Waals surface area contributed by atoms with Crippen LogP contribution in [0.1, 0.15) is 45.6 Å². The average molecular weight is 322 g/mol. The van der Waals surface area contributed by atoms with Gasteiger partial charge in [-0.2, -0.15) is 0 Å². The molecular formula is C20H22N2O2. The number of H-pyrrole nitrogens is 1. The Balaban J connectivity index is 1.47. The van der Waals surface area contributed by atoms with Gasteiger partial charge in [-0.05, 0) is 61.8 Å². The van der Waals surface area contributed by atoms with Gasteiger partial charge in [0.25, 0.3) is 11.5 Å². The van der Waals surface area contributed by atoms with Gasteiger partial charge in [-0.25, -0.2) is 0 Å². The number of pyridine rings is 1. The number of benzene rings is 1. The van der Waals surface area contributed by atoms with Gasteiger partial charge >= 0.3 is 0 Å². The third kappa shape index (κ3) is 2.29. The van der Waals surface area contributed by atoms with E-state index in [9.17, 15) is 9.59 Å². The van der Waals surface area contributed by atoms with Crippen LogP contribution in [0.5, 0.6) is 0 Å². The maximum Gasteiger partial charge on any atom is 0.261 e. The van der Waals surface area contributed by atoms with Crippen LogP contribution in [0.3, 0.4) is 0 Å². The zero-order chi connectivity index (χ0) is 16.9. The van der Waals surface area contributed by atoms with Gasteiger partial charge < -0.3 is 10.3 Å². The molecule has 124 valence electrons. The fraction of sp³-hybridized carbons (Fsp3) is 0.400. The Morgan fingerprint density at radius 1 is 1.33 bits per heavy atom. The highest BCUT2D eigenvalue weighted by molar-refractivity contribution is 5.95. The lowest BCUT2D eigenvalue weighted by Crippen LogP contribution is -2.33. The summed E-state index contributed by atoms with van der Waals surface area (Å²) < 4.78 is 0. The van der Waals surface area contributed by atoms with Crippen molar-refractivity contribution in [2.45, 2.75) is 38.5 Å². The minimum absolute atomic E-state index is 0.238. The van der Waals surface area contributed by atoms with Gasteiger partial charge in [0.05, 0.1) is 0 Å². The zero-order valence-electron chi connectivity index (χ0n) is 14.1. The molecule has 2 aliphatic carbocycles. The molecule has 0 saturated heterocycles. The highest BCUT2D eigenvalue weighted by atomic mass is 16.2. The molecule has 1 aromatic carbocycles. The molecular weight excluding hydrogens is 300 g/mol. The van der Waals surface area contributed by atoms with Crippen LogP contribution < -0.4 is 10.9 Å². The fourth-order valence-electron chi connectivity index (χ4n) is 4.44. The van der Waals surface area contributed by atoms with E-state index in [1.54, 1.807) is 0 Å². The molecule has 0 radical (unpaired) electrons. The summed E-state index contributed by atoms with van der Waals surface area (Å²) in [7, 11) is 0. The van der Waals surface area contributed by atoms with Gasteiger partial charge in [0, 0.05) is 17.7 Å². The Morgan fingerprint density at radius 3 is 2.92 bits per heavy atom. The van der Waals surface area contributed by atoms with E-state index in [1.165, 1.54) is 17.5 Å². The Labute approximate surface area is 141 Å². The molecule has 1 spiro atoms. The van der Waals surface area contributed by atoms with Crippen LogP contribution in [0, 0.1) is 19.8 Å². The van der Waals surface area contributed by atoms with E-state index in [0.717, 1.165) is 24.1 Å². The Hall–Kier alpha value is -2.36. The molecule has 1 heterocycles. The maximum absolute atomic E-state index is 12.4. The van der Waals surface area contributed by atoms with Crippen molar-refractivity contribution in [2.24, 2.45) is 5.92 Å². The standard InChI is InChI=1S/C20H22N2O2/c1-12-9-13(2)22-19(24)17(12)18(23)21-11-15-10-20(15)8-7-14-5-3-4-6-16(14)20/h3-6,9,15H,7-8,10-11H2,1-2H3,(H,21,23)(H,22,24). The molecule has 24 heavy (non-hydrogen) atoms. The van der Waals surface area contributed by atoms with Crippen molar-refractivity contribution in [2.75, 3.05) is 6.54 Å². The van der Waals surface area contributed by atoms with Crippen molar-refractivity contribution < 1.29 is 4.79 Å². The Kier molecular flexibility index (Phi) is 3.37. The van der Waals surface area contributed by atoms with Crippen molar-refractivity contribution >= 4 is 5.91 Å². The Morgan fingerprint density at radius 2 is 2.12 bits per heavy atom. The van der Waals surface area contributed by atoms with Crippen LogP contribution >= 0.6 is 0 Å². The van der Waals surface area contributed by atoms with Crippen molar-refractivity contribution in [1.29, 1.82) is 0 Å². The molecule has 4 rings (SSSR count). The fourth-order valence-corrected chi connectivity index (χ4v) is 4.44. The third-order valence-corrected chi connectivity index (χ3v) is 5.73. The topological polar surface area (TPSA) is 62.0 Å². The molecule has 2 aromatic rings. The van der Waals surface area contributed by atoms with Crippen molar-refractivity contribution in [3.8, 4) is 0 Å². The van der Waals surface area contributed by atoms with Gasteiger partial charge in [0.1, 0.15) is 5.56 Å². The van der Waals surface area contributed by atoms with Gasteiger partial charge in [0.2, 0.25) is 0 Å². The summed E-state index contributed by atoms with van der Waals surface area (Å²) in [6.07, 6.45) is 3.45. The molecule has 4 heteroatoms. The first-order valence-electron chi connectivity index (χ1n) is 8.58. The van der Waals surface area contributed by atoms with E-state index in [1.807, 2.05) is 19.9 Å². The summed E-state index contributed by atoms with van der Waals surface area (Å²) in [5, 5.41) is 2.99. The minimum Gasteiger partial charge on any atom is -0.352 e. The number of hydrogen-bond acceptors (Lipinski definition) is 2. The second-order valence-electron chi connectivity index (χ2n) is 7.26. The van der Waals surface area contributed by atoms with Crippen LogP contribution in [0.25, 0.3) is 0 Å². The number of hydrogen-bond donors (Lipinski definition) is 2. The second kappa shape index (κ2) is 5.33. The molecule has 2 unspecified atom stereocenters. The maximum atomic E-state index is 12.4. The number of nitrogens with one attached hydrogen (secondary N) is 2. The quantitative estimate of drug-likeness (QED) is 0.912. The molecule has 2 aliphatic rings. The number of rotatable bonds is 3. The van der Waals surface area contributed by atoms with E-state index in [4.69, 9.17) is 0 Å². The van der Waals surface area contributed by atoms with E-state index in [2.05, 4.69) is 34.6 Å². The monoisotopic (exact) mass is 322 g/mol. The first-order chi connectivity index (χ1) is 11.5. The summed E-state index contributed by atoms with van der Waals surface area (Å²) in [6.45, 7) is 4.27. The number of carbonyl (C=O) groups excluding carboxylic acids is 1. The molecule has 1 saturated carbocycles. The van der Waals surface area contributed by atoms with Crippen LogP contribution in [0.2, 0.25) is 0 Å². The van der Waals surface area contributed by atoms with Crippen LogP contribution in [-0.4, -0.2) is 17.4 Å². The molecule has 2 N–H and O–H groups in total. The molecule has 1 aromatic heterocycles. The molecule has 1 fully saturated rings. The second-order valence-corrected chi connectivity index (χ2v) is 7.26. The normalized spacial score (nSPS) is 24.0.